The lowest BCUT2D eigenvalue weighted by atomic mass is 9.99. The summed E-state index contributed by atoms with van der Waals surface area (Å²) in [5.41, 5.74) is 14.6. The predicted molar refractivity (Wildman–Crippen MR) is 96.1 cm³/mol. The van der Waals surface area contributed by atoms with Crippen molar-refractivity contribution in [3.8, 4) is 11.1 Å². The van der Waals surface area contributed by atoms with Gasteiger partial charge in [0.25, 0.3) is 0 Å². The number of fused-ring (bicyclic) bond motifs is 3. The van der Waals surface area contributed by atoms with E-state index in [1.807, 2.05) is 66.7 Å². The minimum atomic E-state index is -0.432. The minimum absolute atomic E-state index is 0.432. The molecule has 0 heterocycles. The van der Waals surface area contributed by atoms with Crippen molar-refractivity contribution < 1.29 is 4.79 Å². The number of nitrogens with one attached hydrogen (secondary N) is 1. The van der Waals surface area contributed by atoms with E-state index in [4.69, 9.17) is 5.73 Å². The maximum Gasteiger partial charge on any atom is 0.249 e. The van der Waals surface area contributed by atoms with Gasteiger partial charge in [-0.05, 0) is 23.8 Å². The van der Waals surface area contributed by atoms with Crippen molar-refractivity contribution in [2.24, 2.45) is 10.8 Å². The van der Waals surface area contributed by atoms with Crippen LogP contribution in [0.25, 0.3) is 11.1 Å². The summed E-state index contributed by atoms with van der Waals surface area (Å²) in [6, 6.07) is 23.2. The van der Waals surface area contributed by atoms with Gasteiger partial charge in [0.1, 0.15) is 0 Å². The van der Waals surface area contributed by atoms with E-state index in [0.29, 0.717) is 5.56 Å². The van der Waals surface area contributed by atoms with Crippen molar-refractivity contribution in [3.63, 3.8) is 0 Å². The average Bonchev–Trinajstić information content (AvgIpc) is 2.94. The molecular formula is C20H15N3O. The molecule has 4 rings (SSSR count). The number of amides is 1. The topological polar surface area (TPSA) is 67.5 Å². The molecule has 0 spiro atoms. The molecule has 0 radical (unpaired) electrons. The van der Waals surface area contributed by atoms with Crippen LogP contribution >= 0.6 is 0 Å². The van der Waals surface area contributed by atoms with Crippen molar-refractivity contribution in [2.75, 3.05) is 5.43 Å². The van der Waals surface area contributed by atoms with Crippen LogP contribution in [0.5, 0.6) is 0 Å². The number of benzene rings is 3. The van der Waals surface area contributed by atoms with Crippen LogP contribution in [-0.2, 0) is 0 Å². The molecule has 0 unspecified atom stereocenters. The molecule has 0 saturated heterocycles. The molecule has 4 heteroatoms. The van der Waals surface area contributed by atoms with E-state index in [1.54, 1.807) is 6.07 Å². The molecule has 1 aliphatic carbocycles. The molecule has 3 aromatic rings. The highest BCUT2D eigenvalue weighted by atomic mass is 16.1. The van der Waals surface area contributed by atoms with Crippen LogP contribution in [-0.4, -0.2) is 11.6 Å². The number of hydrogen-bond acceptors (Lipinski definition) is 3. The third-order valence-corrected chi connectivity index (χ3v) is 4.11. The Morgan fingerprint density at radius 1 is 0.792 bits per heavy atom. The van der Waals surface area contributed by atoms with E-state index in [-0.39, 0.29) is 0 Å². The smallest absolute Gasteiger partial charge is 0.249 e. The first-order valence-corrected chi connectivity index (χ1v) is 7.67. The second-order valence-corrected chi connectivity index (χ2v) is 5.58. The van der Waals surface area contributed by atoms with Crippen molar-refractivity contribution in [3.05, 3.63) is 89.5 Å². The first-order valence-electron chi connectivity index (χ1n) is 7.67. The molecule has 0 bridgehead atoms. The number of nitrogens with two attached hydrogens (primary N) is 1. The Bertz CT molecular complexity index is 962. The number of nitrogens with zero attached hydrogens (tertiary/aromatic N) is 1. The summed E-state index contributed by atoms with van der Waals surface area (Å²) in [6.07, 6.45) is 0. The zero-order chi connectivity index (χ0) is 16.5. The minimum Gasteiger partial charge on any atom is -0.366 e. The standard InChI is InChI=1S/C20H15N3O/c21-20(24)17-12-6-11-16-18(17)14-9-4-5-10-15(14)19(16)23-22-13-7-2-1-3-8-13/h1-12,22H,(H2,21,24). The highest BCUT2D eigenvalue weighted by Gasteiger charge is 2.28. The van der Waals surface area contributed by atoms with Gasteiger partial charge in [-0.3, -0.25) is 10.2 Å². The van der Waals surface area contributed by atoms with E-state index in [9.17, 15) is 4.79 Å². The Kier molecular flexibility index (Phi) is 3.35. The molecule has 0 atom stereocenters. The predicted octanol–water partition coefficient (Wildman–Crippen LogP) is 3.63. The largest absolute Gasteiger partial charge is 0.366 e. The van der Waals surface area contributed by atoms with Gasteiger partial charge in [0.2, 0.25) is 5.91 Å². The number of para-hydroxylation sites is 1. The SMILES string of the molecule is NC(=O)c1cccc2c1-c1ccccc1C2=NNc1ccccc1. The van der Waals surface area contributed by atoms with E-state index >= 15 is 0 Å². The molecule has 4 nitrogen and oxygen atoms in total. The third kappa shape index (κ3) is 2.25. The molecule has 3 aromatic carbocycles. The highest BCUT2D eigenvalue weighted by Crippen LogP contribution is 2.39. The Hall–Kier alpha value is -3.40. The number of carbonyl (C=O) groups is 1. The maximum absolute atomic E-state index is 11.8. The number of primary amides is 1. The fourth-order valence-corrected chi connectivity index (χ4v) is 3.05. The Labute approximate surface area is 139 Å². The summed E-state index contributed by atoms with van der Waals surface area (Å²) in [5.74, 6) is -0.432. The Morgan fingerprint density at radius 3 is 2.21 bits per heavy atom. The summed E-state index contributed by atoms with van der Waals surface area (Å²) in [5, 5.41) is 4.59. The fraction of sp³-hybridized carbons (Fsp3) is 0. The number of anilines is 1. The average molecular weight is 313 g/mol. The van der Waals surface area contributed by atoms with Gasteiger partial charge in [-0.1, -0.05) is 54.6 Å². The van der Waals surface area contributed by atoms with Crippen LogP contribution in [0.15, 0.2) is 77.9 Å². The van der Waals surface area contributed by atoms with Gasteiger partial charge in [0.15, 0.2) is 0 Å². The molecule has 1 aliphatic rings. The molecular weight excluding hydrogens is 298 g/mol. The molecule has 3 N–H and O–H groups in total. The summed E-state index contributed by atoms with van der Waals surface area (Å²) in [4.78, 5) is 11.8. The second kappa shape index (κ2) is 5.66. The quantitative estimate of drug-likeness (QED) is 0.567. The van der Waals surface area contributed by atoms with Gasteiger partial charge in [-0.25, -0.2) is 0 Å². The summed E-state index contributed by atoms with van der Waals surface area (Å²) >= 11 is 0. The molecule has 0 fully saturated rings. The first kappa shape index (κ1) is 14.2. The van der Waals surface area contributed by atoms with Crippen LogP contribution in [0.1, 0.15) is 21.5 Å². The molecule has 1 amide bonds. The lowest BCUT2D eigenvalue weighted by Crippen LogP contribution is -2.12. The van der Waals surface area contributed by atoms with Gasteiger partial charge in [0.05, 0.1) is 11.4 Å². The lowest BCUT2D eigenvalue weighted by molar-refractivity contribution is 0.100. The van der Waals surface area contributed by atoms with Gasteiger partial charge >= 0.3 is 0 Å². The maximum atomic E-state index is 11.8. The van der Waals surface area contributed by atoms with Gasteiger partial charge < -0.3 is 5.73 Å². The summed E-state index contributed by atoms with van der Waals surface area (Å²) < 4.78 is 0. The molecule has 0 saturated carbocycles. The van der Waals surface area contributed by atoms with Crippen LogP contribution in [0.2, 0.25) is 0 Å². The van der Waals surface area contributed by atoms with Gasteiger partial charge in [0, 0.05) is 22.3 Å². The summed E-state index contributed by atoms with van der Waals surface area (Å²) in [6.45, 7) is 0. The highest BCUT2D eigenvalue weighted by molar-refractivity contribution is 6.27. The van der Waals surface area contributed by atoms with Crippen LogP contribution in [0, 0.1) is 0 Å². The first-order chi connectivity index (χ1) is 11.8. The van der Waals surface area contributed by atoms with Crippen molar-refractivity contribution in [1.29, 1.82) is 0 Å². The Morgan fingerprint density at radius 2 is 1.46 bits per heavy atom. The summed E-state index contributed by atoms with van der Waals surface area (Å²) in [7, 11) is 0. The van der Waals surface area contributed by atoms with E-state index < -0.39 is 5.91 Å². The van der Waals surface area contributed by atoms with Crippen molar-refractivity contribution in [2.45, 2.75) is 0 Å². The molecule has 24 heavy (non-hydrogen) atoms. The van der Waals surface area contributed by atoms with Gasteiger partial charge in [-0.15, -0.1) is 0 Å². The van der Waals surface area contributed by atoms with Crippen LogP contribution < -0.4 is 11.2 Å². The van der Waals surface area contributed by atoms with Crippen molar-refractivity contribution >= 4 is 17.3 Å². The number of hydrazone groups is 1. The van der Waals surface area contributed by atoms with Gasteiger partial charge in [-0.2, -0.15) is 5.10 Å². The zero-order valence-corrected chi connectivity index (χ0v) is 12.9. The third-order valence-electron chi connectivity index (χ3n) is 4.11. The normalized spacial score (nSPS) is 13.4. The van der Waals surface area contributed by atoms with Crippen molar-refractivity contribution in [1.82, 2.24) is 0 Å². The van der Waals surface area contributed by atoms with E-state index in [1.165, 1.54) is 0 Å². The molecule has 0 aromatic heterocycles. The van der Waals surface area contributed by atoms with E-state index in [0.717, 1.165) is 33.7 Å². The van der Waals surface area contributed by atoms with Crippen LogP contribution in [0.4, 0.5) is 5.69 Å². The zero-order valence-electron chi connectivity index (χ0n) is 12.9. The number of rotatable bonds is 3. The molecule has 0 aliphatic heterocycles. The monoisotopic (exact) mass is 313 g/mol. The number of carbonyl (C=O) groups excluding carboxylic acids is 1. The molecule has 116 valence electrons. The van der Waals surface area contributed by atoms with E-state index in [2.05, 4.69) is 10.5 Å². The lowest BCUT2D eigenvalue weighted by Gasteiger charge is -2.06. The Balaban J connectivity index is 1.88. The van der Waals surface area contributed by atoms with Crippen LogP contribution in [0.3, 0.4) is 0 Å². The fourth-order valence-electron chi connectivity index (χ4n) is 3.05. The number of hydrogen-bond donors (Lipinski definition) is 2. The second-order valence-electron chi connectivity index (χ2n) is 5.58.